The van der Waals surface area contributed by atoms with Crippen LogP contribution in [0.4, 0.5) is 0 Å². The molecule has 0 aromatic heterocycles. The Kier molecular flexibility index (Phi) is 30.5. The molecular weight excluding hydrogens is 486 g/mol. The quantitative estimate of drug-likeness (QED) is 0.0682. The highest BCUT2D eigenvalue weighted by Crippen LogP contribution is 2.14. The lowest BCUT2D eigenvalue weighted by Gasteiger charge is -2.11. The van der Waals surface area contributed by atoms with E-state index in [4.69, 9.17) is 15.2 Å². The highest BCUT2D eigenvalue weighted by molar-refractivity contribution is 5.82. The van der Waals surface area contributed by atoms with Crippen LogP contribution in [0.1, 0.15) is 187 Å². The Labute approximate surface area is 243 Å². The number of esters is 2. The van der Waals surface area contributed by atoms with E-state index in [2.05, 4.69) is 13.8 Å². The fourth-order valence-electron chi connectivity index (χ4n) is 5.03. The van der Waals surface area contributed by atoms with Gasteiger partial charge in [-0.25, -0.2) is 0 Å². The van der Waals surface area contributed by atoms with Crippen LogP contribution in [0.15, 0.2) is 0 Å². The first-order valence-corrected chi connectivity index (χ1v) is 17.2. The first-order valence-electron chi connectivity index (χ1n) is 17.2. The van der Waals surface area contributed by atoms with E-state index in [0.29, 0.717) is 13.2 Å². The molecule has 0 bridgehead atoms. The zero-order valence-electron chi connectivity index (χ0n) is 26.3. The minimum atomic E-state index is -0.925. The average molecular weight is 554 g/mol. The SMILES string of the molecule is CCCCCCCCCCCCCCCCOC(=O)C[C@H](N)C(=O)OCCCCCCCCCCCCCC. The molecule has 1 atom stereocenters. The van der Waals surface area contributed by atoms with Gasteiger partial charge in [-0.1, -0.05) is 168 Å². The van der Waals surface area contributed by atoms with Gasteiger partial charge in [0.05, 0.1) is 19.6 Å². The fourth-order valence-corrected chi connectivity index (χ4v) is 5.03. The second kappa shape index (κ2) is 31.4. The molecule has 0 radical (unpaired) electrons. The maximum Gasteiger partial charge on any atom is 0.323 e. The van der Waals surface area contributed by atoms with E-state index in [1.54, 1.807) is 0 Å². The van der Waals surface area contributed by atoms with Gasteiger partial charge in [0.1, 0.15) is 6.04 Å². The Morgan fingerprint density at radius 2 is 0.744 bits per heavy atom. The van der Waals surface area contributed by atoms with E-state index >= 15 is 0 Å². The molecule has 2 N–H and O–H groups in total. The summed E-state index contributed by atoms with van der Waals surface area (Å²) in [6.45, 7) is 5.33. The van der Waals surface area contributed by atoms with E-state index in [1.807, 2.05) is 0 Å². The first-order chi connectivity index (χ1) is 19.1. The lowest BCUT2D eigenvalue weighted by atomic mass is 10.0. The van der Waals surface area contributed by atoms with Crippen molar-refractivity contribution >= 4 is 11.9 Å². The number of hydrogen-bond donors (Lipinski definition) is 1. The van der Waals surface area contributed by atoms with Gasteiger partial charge in [0.2, 0.25) is 0 Å². The number of rotatable bonds is 31. The molecule has 0 rings (SSSR count). The van der Waals surface area contributed by atoms with Gasteiger partial charge in [0.15, 0.2) is 0 Å². The summed E-state index contributed by atoms with van der Waals surface area (Å²) in [7, 11) is 0. The Balaban J connectivity index is 3.41. The number of carbonyl (C=O) groups excluding carboxylic acids is 2. The summed E-state index contributed by atoms with van der Waals surface area (Å²) in [6.07, 6.45) is 33.3. The highest BCUT2D eigenvalue weighted by atomic mass is 16.5. The monoisotopic (exact) mass is 554 g/mol. The first kappa shape index (κ1) is 37.9. The third-order valence-electron chi connectivity index (χ3n) is 7.69. The van der Waals surface area contributed by atoms with E-state index in [9.17, 15) is 9.59 Å². The van der Waals surface area contributed by atoms with Crippen molar-refractivity contribution in [3.63, 3.8) is 0 Å². The normalized spacial score (nSPS) is 12.0. The van der Waals surface area contributed by atoms with Gasteiger partial charge in [-0.3, -0.25) is 9.59 Å². The van der Waals surface area contributed by atoms with Crippen LogP contribution in [0.3, 0.4) is 0 Å². The lowest BCUT2D eigenvalue weighted by molar-refractivity contribution is -0.152. The number of nitrogens with two attached hydrogens (primary N) is 1. The Morgan fingerprint density at radius 3 is 1.08 bits per heavy atom. The molecule has 0 aromatic rings. The molecule has 0 aliphatic rings. The molecule has 0 saturated heterocycles. The van der Waals surface area contributed by atoms with Gasteiger partial charge in [0.25, 0.3) is 0 Å². The van der Waals surface area contributed by atoms with Crippen molar-refractivity contribution in [1.82, 2.24) is 0 Å². The molecule has 0 saturated carbocycles. The van der Waals surface area contributed by atoms with Gasteiger partial charge < -0.3 is 15.2 Å². The van der Waals surface area contributed by atoms with Gasteiger partial charge >= 0.3 is 11.9 Å². The van der Waals surface area contributed by atoms with Gasteiger partial charge in [-0.05, 0) is 12.8 Å². The zero-order chi connectivity index (χ0) is 28.7. The van der Waals surface area contributed by atoms with Crippen LogP contribution < -0.4 is 5.73 Å². The van der Waals surface area contributed by atoms with Crippen molar-refractivity contribution in [2.24, 2.45) is 5.73 Å². The molecule has 0 aliphatic carbocycles. The number of hydrogen-bond acceptors (Lipinski definition) is 5. The summed E-state index contributed by atoms with van der Waals surface area (Å²) >= 11 is 0. The zero-order valence-corrected chi connectivity index (χ0v) is 26.3. The highest BCUT2D eigenvalue weighted by Gasteiger charge is 2.19. The Hall–Kier alpha value is -1.10. The topological polar surface area (TPSA) is 78.6 Å². The molecule has 0 amide bonds. The van der Waals surface area contributed by atoms with E-state index in [1.165, 1.54) is 141 Å². The molecule has 5 nitrogen and oxygen atoms in total. The fraction of sp³-hybridized carbons (Fsp3) is 0.941. The number of unbranched alkanes of at least 4 members (excludes halogenated alkanes) is 24. The predicted octanol–water partition coefficient (Wildman–Crippen LogP) is 9.97. The maximum absolute atomic E-state index is 12.0. The summed E-state index contributed by atoms with van der Waals surface area (Å²) in [5.74, 6) is -0.897. The maximum atomic E-state index is 12.0. The van der Waals surface area contributed by atoms with Crippen molar-refractivity contribution in [2.45, 2.75) is 193 Å². The standard InChI is InChI=1S/C34H67NO4/c1-3-5-7-9-11-13-15-17-18-20-21-23-25-27-29-38-33(36)31-32(35)34(37)39-30-28-26-24-22-19-16-14-12-10-8-6-4-2/h32H,3-31,35H2,1-2H3/t32-/m0/s1. The molecule has 0 aliphatic heterocycles. The summed E-state index contributed by atoms with van der Waals surface area (Å²) in [4.78, 5) is 24.0. The molecule has 0 unspecified atom stereocenters. The average Bonchev–Trinajstić information content (AvgIpc) is 2.93. The second-order valence-corrected chi connectivity index (χ2v) is 11.7. The van der Waals surface area contributed by atoms with E-state index in [0.717, 1.165) is 25.7 Å². The van der Waals surface area contributed by atoms with Crippen molar-refractivity contribution in [1.29, 1.82) is 0 Å². The van der Waals surface area contributed by atoms with Crippen molar-refractivity contribution in [2.75, 3.05) is 13.2 Å². The van der Waals surface area contributed by atoms with Gasteiger partial charge in [-0.2, -0.15) is 0 Å². The second-order valence-electron chi connectivity index (χ2n) is 11.7. The number of ether oxygens (including phenoxy) is 2. The van der Waals surface area contributed by atoms with Crippen molar-refractivity contribution in [3.8, 4) is 0 Å². The van der Waals surface area contributed by atoms with Crippen molar-refractivity contribution in [3.05, 3.63) is 0 Å². The van der Waals surface area contributed by atoms with Crippen LogP contribution in [0, 0.1) is 0 Å². The summed E-state index contributed by atoms with van der Waals surface area (Å²) in [6, 6.07) is -0.925. The smallest absolute Gasteiger partial charge is 0.323 e. The minimum Gasteiger partial charge on any atom is -0.466 e. The third kappa shape index (κ3) is 29.7. The Bertz CT molecular complexity index is 525. The molecular formula is C34H67NO4. The summed E-state index contributed by atoms with van der Waals surface area (Å²) in [5, 5.41) is 0. The van der Waals surface area contributed by atoms with Crippen LogP contribution in [0.2, 0.25) is 0 Å². The van der Waals surface area contributed by atoms with Crippen LogP contribution in [-0.4, -0.2) is 31.2 Å². The van der Waals surface area contributed by atoms with Crippen LogP contribution in [0.5, 0.6) is 0 Å². The van der Waals surface area contributed by atoms with Gasteiger partial charge in [0, 0.05) is 0 Å². The molecule has 232 valence electrons. The van der Waals surface area contributed by atoms with Crippen LogP contribution in [0.25, 0.3) is 0 Å². The molecule has 5 heteroatoms. The Morgan fingerprint density at radius 1 is 0.462 bits per heavy atom. The van der Waals surface area contributed by atoms with E-state index in [-0.39, 0.29) is 6.42 Å². The summed E-state index contributed by atoms with van der Waals surface area (Å²) < 4.78 is 10.5. The molecule has 0 fully saturated rings. The van der Waals surface area contributed by atoms with Crippen LogP contribution >= 0.6 is 0 Å². The number of carbonyl (C=O) groups is 2. The van der Waals surface area contributed by atoms with E-state index < -0.39 is 18.0 Å². The lowest BCUT2D eigenvalue weighted by Crippen LogP contribution is -2.35. The molecule has 0 spiro atoms. The molecule has 39 heavy (non-hydrogen) atoms. The minimum absolute atomic E-state index is 0.101. The summed E-state index contributed by atoms with van der Waals surface area (Å²) in [5.41, 5.74) is 5.85. The third-order valence-corrected chi connectivity index (χ3v) is 7.69. The molecule has 0 aromatic carbocycles. The molecule has 0 heterocycles. The van der Waals surface area contributed by atoms with Crippen molar-refractivity contribution < 1.29 is 19.1 Å². The van der Waals surface area contributed by atoms with Gasteiger partial charge in [-0.15, -0.1) is 0 Å². The largest absolute Gasteiger partial charge is 0.466 e. The predicted molar refractivity (Wildman–Crippen MR) is 166 cm³/mol. The van der Waals surface area contributed by atoms with Crippen LogP contribution in [-0.2, 0) is 19.1 Å².